The van der Waals surface area contributed by atoms with Gasteiger partial charge in [0, 0.05) is 0 Å². The molecule has 62 valence electrons. The normalized spacial score (nSPS) is 20.8. The number of ether oxygens (including phenoxy) is 2. The molecule has 1 aliphatic rings. The molecule has 1 aliphatic heterocycles. The molecule has 0 aliphatic carbocycles. The Morgan fingerprint density at radius 3 is 3.17 bits per heavy atom. The molecule has 1 heterocycles. The lowest BCUT2D eigenvalue weighted by Crippen LogP contribution is -2.01. The Morgan fingerprint density at radius 1 is 1.58 bits per heavy atom. The van der Waals surface area contributed by atoms with Crippen molar-refractivity contribution < 1.29 is 9.47 Å². The number of rotatable bonds is 4. The first-order chi connectivity index (χ1) is 5.95. The average molecular weight is 162 g/mol. The zero-order valence-electron chi connectivity index (χ0n) is 6.75. The summed E-state index contributed by atoms with van der Waals surface area (Å²) in [5, 5.41) is 0. The second kappa shape index (κ2) is 3.70. The number of epoxide rings is 1. The van der Waals surface area contributed by atoms with Crippen molar-refractivity contribution in [3.63, 3.8) is 0 Å². The van der Waals surface area contributed by atoms with E-state index in [2.05, 4.69) is 12.1 Å². The molecule has 2 rings (SSSR count). The Bertz CT molecular complexity index is 229. The zero-order valence-corrected chi connectivity index (χ0v) is 6.75. The minimum atomic E-state index is 0.345. The molecule has 0 spiro atoms. The highest BCUT2D eigenvalue weighted by Crippen LogP contribution is 2.09. The molecule has 1 saturated heterocycles. The van der Waals surface area contributed by atoms with Crippen molar-refractivity contribution in [1.82, 2.24) is 0 Å². The van der Waals surface area contributed by atoms with Gasteiger partial charge in [-0.3, -0.25) is 0 Å². The third kappa shape index (κ3) is 2.32. The van der Waals surface area contributed by atoms with Crippen LogP contribution in [-0.4, -0.2) is 19.3 Å². The summed E-state index contributed by atoms with van der Waals surface area (Å²) in [5.41, 5.74) is 1.04. The van der Waals surface area contributed by atoms with Crippen LogP contribution in [0.15, 0.2) is 18.2 Å². The molecule has 1 unspecified atom stereocenters. The van der Waals surface area contributed by atoms with Crippen molar-refractivity contribution in [1.29, 1.82) is 0 Å². The van der Waals surface area contributed by atoms with Gasteiger partial charge in [-0.2, -0.15) is 0 Å². The van der Waals surface area contributed by atoms with E-state index in [1.807, 2.05) is 18.2 Å². The second-order valence-electron chi connectivity index (χ2n) is 2.78. The SMILES string of the molecule is [c]1cc[c]c(COCC2CO2)c1. The van der Waals surface area contributed by atoms with Gasteiger partial charge in [0.2, 0.25) is 0 Å². The second-order valence-corrected chi connectivity index (χ2v) is 2.78. The van der Waals surface area contributed by atoms with Gasteiger partial charge in [0.1, 0.15) is 6.10 Å². The van der Waals surface area contributed by atoms with Crippen molar-refractivity contribution >= 4 is 0 Å². The van der Waals surface area contributed by atoms with Crippen LogP contribution in [0.25, 0.3) is 0 Å². The minimum Gasteiger partial charge on any atom is -0.374 e. The number of benzene rings is 1. The van der Waals surface area contributed by atoms with Crippen LogP contribution in [0.1, 0.15) is 5.56 Å². The van der Waals surface area contributed by atoms with E-state index in [1.165, 1.54) is 0 Å². The van der Waals surface area contributed by atoms with Gasteiger partial charge in [-0.1, -0.05) is 12.1 Å². The first-order valence-corrected chi connectivity index (χ1v) is 4.01. The molecule has 1 atom stereocenters. The molecule has 1 aromatic carbocycles. The third-order valence-corrected chi connectivity index (χ3v) is 1.67. The van der Waals surface area contributed by atoms with Gasteiger partial charge in [0.15, 0.2) is 0 Å². The van der Waals surface area contributed by atoms with Gasteiger partial charge in [-0.05, 0) is 23.8 Å². The molecule has 0 N–H and O–H groups in total. The summed E-state index contributed by atoms with van der Waals surface area (Å²) in [6.45, 7) is 2.16. The van der Waals surface area contributed by atoms with Gasteiger partial charge in [0.25, 0.3) is 0 Å². The maximum absolute atomic E-state index is 5.37. The van der Waals surface area contributed by atoms with Gasteiger partial charge in [-0.15, -0.1) is 0 Å². The van der Waals surface area contributed by atoms with E-state index in [-0.39, 0.29) is 0 Å². The average Bonchev–Trinajstić information content (AvgIpc) is 2.90. The van der Waals surface area contributed by atoms with Crippen LogP contribution >= 0.6 is 0 Å². The Kier molecular flexibility index (Phi) is 2.39. The molecule has 0 saturated carbocycles. The van der Waals surface area contributed by atoms with Gasteiger partial charge in [0.05, 0.1) is 19.8 Å². The Hall–Kier alpha value is -0.860. The third-order valence-electron chi connectivity index (χ3n) is 1.67. The standard InChI is InChI=1S/C10H10O2/c1-2-4-9(5-3-1)6-11-7-10-8-12-10/h1-2,5,10H,6-8H2. The summed E-state index contributed by atoms with van der Waals surface area (Å²) >= 11 is 0. The van der Waals surface area contributed by atoms with E-state index in [0.717, 1.165) is 12.2 Å². The molecule has 0 aromatic heterocycles. The first-order valence-electron chi connectivity index (χ1n) is 4.01. The van der Waals surface area contributed by atoms with E-state index >= 15 is 0 Å². The molecule has 2 heteroatoms. The summed E-state index contributed by atoms with van der Waals surface area (Å²) in [7, 11) is 0. The topological polar surface area (TPSA) is 21.8 Å². The van der Waals surface area contributed by atoms with Crippen LogP contribution in [0.5, 0.6) is 0 Å². The zero-order chi connectivity index (χ0) is 8.23. The van der Waals surface area contributed by atoms with Crippen LogP contribution in [0, 0.1) is 12.1 Å². The van der Waals surface area contributed by atoms with Crippen LogP contribution in [-0.2, 0) is 16.1 Å². The summed E-state index contributed by atoms with van der Waals surface area (Å²) in [4.78, 5) is 0. The molecule has 0 bridgehead atoms. The summed E-state index contributed by atoms with van der Waals surface area (Å²) in [6.07, 6.45) is 0.345. The van der Waals surface area contributed by atoms with Crippen LogP contribution in [0.3, 0.4) is 0 Å². The first kappa shape index (κ1) is 7.77. The van der Waals surface area contributed by atoms with Crippen LogP contribution in [0.2, 0.25) is 0 Å². The predicted molar refractivity (Wildman–Crippen MR) is 43.5 cm³/mol. The van der Waals surface area contributed by atoms with E-state index in [4.69, 9.17) is 9.47 Å². The summed E-state index contributed by atoms with van der Waals surface area (Å²) in [6, 6.07) is 11.6. The van der Waals surface area contributed by atoms with Crippen molar-refractivity contribution in [2.24, 2.45) is 0 Å². The molecule has 0 amide bonds. The van der Waals surface area contributed by atoms with Crippen molar-refractivity contribution in [3.05, 3.63) is 35.9 Å². The molecule has 1 aromatic rings. The lowest BCUT2D eigenvalue weighted by atomic mass is 10.2. The lowest BCUT2D eigenvalue weighted by Gasteiger charge is -2.00. The monoisotopic (exact) mass is 162 g/mol. The number of hydrogen-bond acceptors (Lipinski definition) is 2. The quantitative estimate of drug-likeness (QED) is 0.620. The fourth-order valence-corrected chi connectivity index (χ4v) is 0.935. The highest BCUT2D eigenvalue weighted by molar-refractivity contribution is 5.10. The largest absolute Gasteiger partial charge is 0.374 e. The van der Waals surface area contributed by atoms with Gasteiger partial charge >= 0.3 is 0 Å². The smallest absolute Gasteiger partial charge is 0.104 e. The van der Waals surface area contributed by atoms with Crippen LogP contribution < -0.4 is 0 Å². The predicted octanol–water partition coefficient (Wildman–Crippen LogP) is 1.20. The molecular weight excluding hydrogens is 152 g/mol. The highest BCUT2D eigenvalue weighted by Gasteiger charge is 2.21. The molecule has 1 fully saturated rings. The summed E-state index contributed by atoms with van der Waals surface area (Å²) < 4.78 is 10.4. The molecule has 2 nitrogen and oxygen atoms in total. The fourth-order valence-electron chi connectivity index (χ4n) is 0.935. The van der Waals surface area contributed by atoms with Crippen LogP contribution in [0.4, 0.5) is 0 Å². The molecule has 12 heavy (non-hydrogen) atoms. The van der Waals surface area contributed by atoms with E-state index in [0.29, 0.717) is 19.3 Å². The van der Waals surface area contributed by atoms with Crippen molar-refractivity contribution in [3.8, 4) is 0 Å². The van der Waals surface area contributed by atoms with E-state index < -0.39 is 0 Å². The van der Waals surface area contributed by atoms with E-state index in [9.17, 15) is 0 Å². The number of hydrogen-bond donors (Lipinski definition) is 0. The Morgan fingerprint density at radius 2 is 2.50 bits per heavy atom. The summed E-state index contributed by atoms with van der Waals surface area (Å²) in [5.74, 6) is 0. The molecule has 2 radical (unpaired) electrons. The maximum Gasteiger partial charge on any atom is 0.104 e. The fraction of sp³-hybridized carbons (Fsp3) is 0.400. The molecular formula is C10H10O2. The van der Waals surface area contributed by atoms with Crippen molar-refractivity contribution in [2.75, 3.05) is 13.2 Å². The minimum absolute atomic E-state index is 0.345. The van der Waals surface area contributed by atoms with Gasteiger partial charge < -0.3 is 9.47 Å². The van der Waals surface area contributed by atoms with Gasteiger partial charge in [-0.25, -0.2) is 0 Å². The Balaban J connectivity index is 1.72. The Labute approximate surface area is 72.1 Å². The van der Waals surface area contributed by atoms with E-state index in [1.54, 1.807) is 0 Å². The van der Waals surface area contributed by atoms with Crippen molar-refractivity contribution in [2.45, 2.75) is 12.7 Å². The maximum atomic E-state index is 5.37. The lowest BCUT2D eigenvalue weighted by molar-refractivity contribution is 0.104. The highest BCUT2D eigenvalue weighted by atomic mass is 16.6.